The smallest absolute Gasteiger partial charge is 0.262 e. The molecular formula is C23H31N3O6S. The molecule has 0 saturated heterocycles. The fourth-order valence-corrected chi connectivity index (χ4v) is 5.94. The van der Waals surface area contributed by atoms with Crippen LogP contribution in [0, 0.1) is 5.92 Å². The Bertz CT molecular complexity index is 1020. The first-order valence-corrected chi connectivity index (χ1v) is 12.2. The van der Waals surface area contributed by atoms with E-state index in [1.54, 1.807) is 49.2 Å². The Morgan fingerprint density at radius 2 is 1.79 bits per heavy atom. The van der Waals surface area contributed by atoms with Gasteiger partial charge in [0.25, 0.3) is 5.91 Å². The van der Waals surface area contributed by atoms with Gasteiger partial charge in [-0.25, -0.2) is 13.9 Å². The number of nitrogens with zero attached hydrogens (tertiary/aromatic N) is 2. The number of nitrogens with one attached hydrogen (secondary N) is 1. The number of hydroxylamine groups is 1. The molecule has 9 nitrogen and oxygen atoms in total. The van der Waals surface area contributed by atoms with Gasteiger partial charge in [0.1, 0.15) is 11.8 Å². The summed E-state index contributed by atoms with van der Waals surface area (Å²) in [6.45, 7) is 1.96. The summed E-state index contributed by atoms with van der Waals surface area (Å²) in [5, 5.41) is 9.53. The number of rotatable bonds is 9. The summed E-state index contributed by atoms with van der Waals surface area (Å²) in [4.78, 5) is 16.9. The third-order valence-electron chi connectivity index (χ3n) is 6.47. The van der Waals surface area contributed by atoms with Gasteiger partial charge in [0.15, 0.2) is 0 Å². The first-order valence-electron chi connectivity index (χ1n) is 10.8. The monoisotopic (exact) mass is 477 g/mol. The Labute approximate surface area is 194 Å². The average Bonchev–Trinajstić information content (AvgIpc) is 2.85. The number of carbonyl (C=O) groups is 1. The Morgan fingerprint density at radius 3 is 2.30 bits per heavy atom. The molecule has 33 heavy (non-hydrogen) atoms. The second-order valence-corrected chi connectivity index (χ2v) is 10.4. The van der Waals surface area contributed by atoms with E-state index in [0.29, 0.717) is 37.0 Å². The maximum Gasteiger partial charge on any atom is 0.262 e. The lowest BCUT2D eigenvalue weighted by molar-refractivity contribution is -0.136. The van der Waals surface area contributed by atoms with Gasteiger partial charge in [-0.05, 0) is 80.5 Å². The van der Waals surface area contributed by atoms with Crippen molar-refractivity contribution in [3.8, 4) is 5.75 Å². The fraction of sp³-hybridized carbons (Fsp3) is 0.478. The highest BCUT2D eigenvalue weighted by Crippen LogP contribution is 2.38. The third kappa shape index (κ3) is 5.70. The van der Waals surface area contributed by atoms with Gasteiger partial charge in [-0.15, -0.1) is 0 Å². The SMILES string of the molecule is COc1ccc(S(=O)(=O)N(Cc2ccncc2)C(C(=O)NO)C2CCC(C)(OC)CC2)cc1. The summed E-state index contributed by atoms with van der Waals surface area (Å²) in [6.07, 6.45) is 5.64. The molecule has 1 aliphatic rings. The summed E-state index contributed by atoms with van der Waals surface area (Å²) >= 11 is 0. The minimum absolute atomic E-state index is 0.0330. The van der Waals surface area contributed by atoms with Gasteiger partial charge in [-0.1, -0.05) is 0 Å². The van der Waals surface area contributed by atoms with Crippen LogP contribution < -0.4 is 10.2 Å². The molecule has 0 spiro atoms. The standard InChI is InChI=1S/C23H31N3O6S/c1-23(32-3)12-8-18(9-13-23)21(22(27)25-28)26(16-17-10-14-24-15-11-17)33(29,30)20-6-4-19(31-2)5-7-20/h4-7,10-11,14-15,18,21,28H,8-9,12-13,16H2,1-3H3,(H,25,27). The van der Waals surface area contributed by atoms with Gasteiger partial charge >= 0.3 is 0 Å². The van der Waals surface area contributed by atoms with Crippen molar-refractivity contribution in [2.45, 2.75) is 55.7 Å². The van der Waals surface area contributed by atoms with Crippen molar-refractivity contribution in [3.63, 3.8) is 0 Å². The summed E-state index contributed by atoms with van der Waals surface area (Å²) in [5.41, 5.74) is 2.05. The molecule has 1 aromatic carbocycles. The molecule has 3 rings (SSSR count). The first kappa shape index (κ1) is 25.1. The lowest BCUT2D eigenvalue weighted by Crippen LogP contribution is -2.53. The summed E-state index contributed by atoms with van der Waals surface area (Å²) in [6, 6.07) is 8.32. The molecule has 1 saturated carbocycles. The van der Waals surface area contributed by atoms with E-state index in [1.165, 1.54) is 23.5 Å². The first-order chi connectivity index (χ1) is 15.7. The number of amides is 1. The molecule has 1 heterocycles. The highest BCUT2D eigenvalue weighted by atomic mass is 32.2. The Morgan fingerprint density at radius 1 is 1.18 bits per heavy atom. The Kier molecular flexibility index (Phi) is 8.06. The number of carbonyl (C=O) groups excluding carboxylic acids is 1. The van der Waals surface area contributed by atoms with Crippen LogP contribution in [-0.2, 0) is 26.1 Å². The van der Waals surface area contributed by atoms with E-state index in [-0.39, 0.29) is 23.0 Å². The van der Waals surface area contributed by atoms with Crippen LogP contribution in [0.3, 0.4) is 0 Å². The normalized spacial score (nSPS) is 22.0. The van der Waals surface area contributed by atoms with Crippen molar-refractivity contribution in [2.75, 3.05) is 14.2 Å². The van der Waals surface area contributed by atoms with E-state index in [2.05, 4.69) is 4.98 Å². The van der Waals surface area contributed by atoms with Crippen LogP contribution in [0.1, 0.15) is 38.2 Å². The Hall–Kier alpha value is -2.53. The van der Waals surface area contributed by atoms with Crippen molar-refractivity contribution in [1.82, 2.24) is 14.8 Å². The van der Waals surface area contributed by atoms with Crippen molar-refractivity contribution >= 4 is 15.9 Å². The topological polar surface area (TPSA) is 118 Å². The molecular weight excluding hydrogens is 446 g/mol. The second kappa shape index (κ2) is 10.6. The van der Waals surface area contributed by atoms with Crippen molar-refractivity contribution in [3.05, 3.63) is 54.4 Å². The van der Waals surface area contributed by atoms with Crippen molar-refractivity contribution < 1.29 is 27.9 Å². The molecule has 2 N–H and O–H groups in total. The number of hydrogen-bond acceptors (Lipinski definition) is 7. The molecule has 1 aromatic heterocycles. The number of sulfonamides is 1. The summed E-state index contributed by atoms with van der Waals surface area (Å²) in [7, 11) is -0.955. The minimum atomic E-state index is -4.11. The molecule has 0 aliphatic heterocycles. The van der Waals surface area contributed by atoms with E-state index >= 15 is 0 Å². The van der Waals surface area contributed by atoms with Crippen LogP contribution in [-0.4, -0.2) is 54.7 Å². The fourth-order valence-electron chi connectivity index (χ4n) is 4.30. The van der Waals surface area contributed by atoms with Crippen LogP contribution in [0.15, 0.2) is 53.7 Å². The second-order valence-electron chi connectivity index (χ2n) is 8.49. The highest BCUT2D eigenvalue weighted by molar-refractivity contribution is 7.89. The van der Waals surface area contributed by atoms with Crippen LogP contribution in [0.2, 0.25) is 0 Å². The molecule has 1 unspecified atom stereocenters. The molecule has 180 valence electrons. The average molecular weight is 478 g/mol. The lowest BCUT2D eigenvalue weighted by atomic mass is 9.76. The molecule has 10 heteroatoms. The molecule has 1 fully saturated rings. The molecule has 0 bridgehead atoms. The molecule has 1 amide bonds. The molecule has 1 atom stereocenters. The highest BCUT2D eigenvalue weighted by Gasteiger charge is 2.44. The third-order valence-corrected chi connectivity index (χ3v) is 8.31. The summed E-state index contributed by atoms with van der Waals surface area (Å²) < 4.78 is 39.5. The molecule has 0 radical (unpaired) electrons. The summed E-state index contributed by atoms with van der Waals surface area (Å²) in [5.74, 6) is -0.534. The van der Waals surface area contributed by atoms with Gasteiger partial charge in [0.2, 0.25) is 10.0 Å². The van der Waals surface area contributed by atoms with E-state index in [9.17, 15) is 18.4 Å². The molecule has 1 aliphatic carbocycles. The van der Waals surface area contributed by atoms with E-state index < -0.39 is 22.0 Å². The van der Waals surface area contributed by atoms with E-state index in [4.69, 9.17) is 9.47 Å². The van der Waals surface area contributed by atoms with Gasteiger partial charge in [-0.2, -0.15) is 4.31 Å². The minimum Gasteiger partial charge on any atom is -0.497 e. The Balaban J connectivity index is 2.03. The van der Waals surface area contributed by atoms with Gasteiger partial charge < -0.3 is 9.47 Å². The molecule has 2 aromatic rings. The number of methoxy groups -OCH3 is 2. The predicted octanol–water partition coefficient (Wildman–Crippen LogP) is 2.75. The number of aromatic nitrogens is 1. The number of benzene rings is 1. The van der Waals surface area contributed by atoms with E-state index in [1.807, 2.05) is 6.92 Å². The van der Waals surface area contributed by atoms with Crippen molar-refractivity contribution in [2.24, 2.45) is 5.92 Å². The lowest BCUT2D eigenvalue weighted by Gasteiger charge is -2.41. The van der Waals surface area contributed by atoms with Crippen LogP contribution in [0.4, 0.5) is 0 Å². The van der Waals surface area contributed by atoms with Crippen molar-refractivity contribution in [1.29, 1.82) is 0 Å². The zero-order valence-corrected chi connectivity index (χ0v) is 19.9. The van der Waals surface area contributed by atoms with Crippen LogP contribution in [0.5, 0.6) is 5.75 Å². The zero-order chi connectivity index (χ0) is 24.1. The quantitative estimate of drug-likeness (QED) is 0.421. The van der Waals surface area contributed by atoms with Gasteiger partial charge in [-0.3, -0.25) is 15.0 Å². The zero-order valence-electron chi connectivity index (χ0n) is 19.1. The predicted molar refractivity (Wildman–Crippen MR) is 121 cm³/mol. The van der Waals surface area contributed by atoms with Gasteiger partial charge in [0, 0.05) is 26.0 Å². The van der Waals surface area contributed by atoms with E-state index in [0.717, 1.165) is 0 Å². The largest absolute Gasteiger partial charge is 0.497 e. The maximum absolute atomic E-state index is 13.8. The van der Waals surface area contributed by atoms with Crippen LogP contribution in [0.25, 0.3) is 0 Å². The number of ether oxygens (including phenoxy) is 2. The van der Waals surface area contributed by atoms with Gasteiger partial charge in [0.05, 0.1) is 17.6 Å². The van der Waals surface area contributed by atoms with Crippen LogP contribution >= 0.6 is 0 Å². The number of pyridine rings is 1. The maximum atomic E-state index is 13.8. The number of hydrogen-bond donors (Lipinski definition) is 2.